The number of hydrogen-bond acceptors (Lipinski definition) is 3. The van der Waals surface area contributed by atoms with Gasteiger partial charge in [-0.25, -0.2) is 0 Å². The molecule has 2 amide bonds. The predicted octanol–water partition coefficient (Wildman–Crippen LogP) is 4.12. The fraction of sp³-hybridized carbons (Fsp3) is 0.391. The number of rotatable bonds is 8. The summed E-state index contributed by atoms with van der Waals surface area (Å²) < 4.78 is 5.62. The van der Waals surface area contributed by atoms with Gasteiger partial charge >= 0.3 is 0 Å². The SMILES string of the molecule is CCC(=O)N(Cc1ccc(Cl)cc1)[C@@H](C(=O)NC[C@@H]1CCCO1)c1ccccc1. The lowest BCUT2D eigenvalue weighted by Gasteiger charge is -2.31. The zero-order valence-electron chi connectivity index (χ0n) is 16.6. The van der Waals surface area contributed by atoms with Gasteiger partial charge in [0, 0.05) is 31.1 Å². The van der Waals surface area contributed by atoms with Gasteiger partial charge in [0.15, 0.2) is 0 Å². The van der Waals surface area contributed by atoms with E-state index in [2.05, 4.69) is 5.32 Å². The highest BCUT2D eigenvalue weighted by molar-refractivity contribution is 6.30. The minimum Gasteiger partial charge on any atom is -0.376 e. The lowest BCUT2D eigenvalue weighted by atomic mass is 10.0. The Morgan fingerprint density at radius 3 is 2.52 bits per heavy atom. The minimum absolute atomic E-state index is 0.0435. The molecule has 0 aliphatic carbocycles. The van der Waals surface area contributed by atoms with Crippen molar-refractivity contribution in [2.45, 2.75) is 44.9 Å². The average molecular weight is 415 g/mol. The first-order valence-corrected chi connectivity index (χ1v) is 10.4. The number of nitrogens with zero attached hydrogens (tertiary/aromatic N) is 1. The van der Waals surface area contributed by atoms with Crippen molar-refractivity contribution in [3.05, 3.63) is 70.7 Å². The molecular formula is C23H27ClN2O3. The maximum atomic E-state index is 13.2. The van der Waals surface area contributed by atoms with E-state index >= 15 is 0 Å². The van der Waals surface area contributed by atoms with E-state index in [4.69, 9.17) is 16.3 Å². The van der Waals surface area contributed by atoms with Crippen LogP contribution in [0.4, 0.5) is 0 Å². The Bertz CT molecular complexity index is 805. The lowest BCUT2D eigenvalue weighted by Crippen LogP contribution is -2.44. The van der Waals surface area contributed by atoms with Gasteiger partial charge in [0.25, 0.3) is 0 Å². The van der Waals surface area contributed by atoms with E-state index in [0.717, 1.165) is 30.6 Å². The van der Waals surface area contributed by atoms with Crippen LogP contribution in [0.3, 0.4) is 0 Å². The number of carbonyl (C=O) groups excluding carboxylic acids is 2. The van der Waals surface area contributed by atoms with Gasteiger partial charge in [-0.2, -0.15) is 0 Å². The van der Waals surface area contributed by atoms with Crippen LogP contribution in [0.25, 0.3) is 0 Å². The number of carbonyl (C=O) groups is 2. The fourth-order valence-corrected chi connectivity index (χ4v) is 3.66. The zero-order valence-corrected chi connectivity index (χ0v) is 17.4. The highest BCUT2D eigenvalue weighted by Crippen LogP contribution is 2.25. The van der Waals surface area contributed by atoms with E-state index in [1.807, 2.05) is 49.4 Å². The molecule has 1 aliphatic rings. The fourth-order valence-electron chi connectivity index (χ4n) is 3.54. The standard InChI is InChI=1S/C23H27ClN2O3/c1-2-21(27)26(16-17-10-12-19(24)13-11-17)22(18-7-4-3-5-8-18)23(28)25-15-20-9-6-14-29-20/h3-5,7-8,10-13,20,22H,2,6,9,14-16H2,1H3,(H,25,28)/t20-,22+/m0/s1. The van der Waals surface area contributed by atoms with Crippen LogP contribution >= 0.6 is 11.6 Å². The Balaban J connectivity index is 1.86. The third kappa shape index (κ3) is 5.81. The molecule has 0 spiro atoms. The Labute approximate surface area is 177 Å². The van der Waals surface area contributed by atoms with Crippen LogP contribution in [0, 0.1) is 0 Å². The normalized spacial score (nSPS) is 17.0. The lowest BCUT2D eigenvalue weighted by molar-refractivity contribution is -0.141. The predicted molar refractivity (Wildman–Crippen MR) is 113 cm³/mol. The van der Waals surface area contributed by atoms with E-state index in [9.17, 15) is 9.59 Å². The van der Waals surface area contributed by atoms with Crippen molar-refractivity contribution < 1.29 is 14.3 Å². The summed E-state index contributed by atoms with van der Waals surface area (Å²) in [6.45, 7) is 3.33. The van der Waals surface area contributed by atoms with Crippen molar-refractivity contribution in [2.75, 3.05) is 13.2 Å². The number of nitrogens with one attached hydrogen (secondary N) is 1. The summed E-state index contributed by atoms with van der Waals surface area (Å²) in [7, 11) is 0. The second-order valence-corrected chi connectivity index (χ2v) is 7.63. The molecule has 1 heterocycles. The Morgan fingerprint density at radius 2 is 1.90 bits per heavy atom. The summed E-state index contributed by atoms with van der Waals surface area (Å²) in [5, 5.41) is 3.63. The van der Waals surface area contributed by atoms with Crippen molar-refractivity contribution in [3.8, 4) is 0 Å². The minimum atomic E-state index is -0.708. The molecule has 2 atom stereocenters. The topological polar surface area (TPSA) is 58.6 Å². The highest BCUT2D eigenvalue weighted by atomic mass is 35.5. The molecule has 1 aliphatic heterocycles. The summed E-state index contributed by atoms with van der Waals surface area (Å²) in [4.78, 5) is 27.7. The summed E-state index contributed by atoms with van der Waals surface area (Å²) in [6, 6.07) is 16.1. The summed E-state index contributed by atoms with van der Waals surface area (Å²) in [6.07, 6.45) is 2.32. The van der Waals surface area contributed by atoms with Crippen molar-refractivity contribution in [3.63, 3.8) is 0 Å². The van der Waals surface area contributed by atoms with E-state index in [-0.39, 0.29) is 17.9 Å². The van der Waals surface area contributed by atoms with Crippen LogP contribution < -0.4 is 5.32 Å². The molecule has 2 aromatic rings. The van der Waals surface area contributed by atoms with E-state index in [0.29, 0.717) is 24.5 Å². The smallest absolute Gasteiger partial charge is 0.247 e. The van der Waals surface area contributed by atoms with Gasteiger partial charge in [0.2, 0.25) is 11.8 Å². The van der Waals surface area contributed by atoms with Gasteiger partial charge in [0.05, 0.1) is 6.10 Å². The van der Waals surface area contributed by atoms with Crippen molar-refractivity contribution >= 4 is 23.4 Å². The summed E-state index contributed by atoms with van der Waals surface area (Å²) >= 11 is 5.99. The monoisotopic (exact) mass is 414 g/mol. The van der Waals surface area contributed by atoms with Crippen LogP contribution in [0.1, 0.15) is 43.4 Å². The largest absolute Gasteiger partial charge is 0.376 e. The van der Waals surface area contributed by atoms with Gasteiger partial charge in [-0.15, -0.1) is 0 Å². The van der Waals surface area contributed by atoms with E-state index < -0.39 is 6.04 Å². The van der Waals surface area contributed by atoms with Crippen molar-refractivity contribution in [2.24, 2.45) is 0 Å². The Hall–Kier alpha value is -2.37. The molecule has 1 N–H and O–H groups in total. The number of halogens is 1. The molecule has 0 aromatic heterocycles. The maximum absolute atomic E-state index is 13.2. The molecule has 2 aromatic carbocycles. The maximum Gasteiger partial charge on any atom is 0.247 e. The number of benzene rings is 2. The first kappa shape index (κ1) is 21.3. The van der Waals surface area contributed by atoms with Gasteiger partial charge in [-0.3, -0.25) is 9.59 Å². The van der Waals surface area contributed by atoms with E-state index in [1.54, 1.807) is 17.0 Å². The third-order valence-electron chi connectivity index (χ3n) is 5.09. The van der Waals surface area contributed by atoms with Gasteiger partial charge in [0.1, 0.15) is 6.04 Å². The summed E-state index contributed by atoms with van der Waals surface area (Å²) in [5.41, 5.74) is 1.71. The van der Waals surface area contributed by atoms with Gasteiger partial charge in [-0.1, -0.05) is 61.0 Å². The first-order valence-electron chi connectivity index (χ1n) is 10.1. The van der Waals surface area contributed by atoms with Crippen molar-refractivity contribution in [1.82, 2.24) is 10.2 Å². The number of ether oxygens (including phenoxy) is 1. The van der Waals surface area contributed by atoms with Gasteiger partial charge in [-0.05, 0) is 36.1 Å². The molecule has 0 bridgehead atoms. The molecule has 29 heavy (non-hydrogen) atoms. The number of hydrogen-bond donors (Lipinski definition) is 1. The van der Waals surface area contributed by atoms with Crippen molar-refractivity contribution in [1.29, 1.82) is 0 Å². The van der Waals surface area contributed by atoms with Crippen LogP contribution in [0.15, 0.2) is 54.6 Å². The molecule has 0 unspecified atom stereocenters. The molecule has 0 saturated carbocycles. The zero-order chi connectivity index (χ0) is 20.6. The molecule has 1 fully saturated rings. The summed E-state index contributed by atoms with van der Waals surface area (Å²) in [5.74, 6) is -0.275. The third-order valence-corrected chi connectivity index (χ3v) is 5.34. The number of amides is 2. The molecule has 1 saturated heterocycles. The van der Waals surface area contributed by atoms with Crippen LogP contribution in [0.2, 0.25) is 5.02 Å². The molecular weight excluding hydrogens is 388 g/mol. The molecule has 0 radical (unpaired) electrons. The Kier molecular flexibility index (Phi) is 7.67. The average Bonchev–Trinajstić information content (AvgIpc) is 3.27. The Morgan fingerprint density at radius 1 is 1.17 bits per heavy atom. The second-order valence-electron chi connectivity index (χ2n) is 7.20. The van der Waals surface area contributed by atoms with Crippen LogP contribution in [0.5, 0.6) is 0 Å². The quantitative estimate of drug-likeness (QED) is 0.707. The van der Waals surface area contributed by atoms with Crippen LogP contribution in [-0.4, -0.2) is 36.0 Å². The molecule has 6 heteroatoms. The molecule has 5 nitrogen and oxygen atoms in total. The van der Waals surface area contributed by atoms with E-state index in [1.165, 1.54) is 0 Å². The van der Waals surface area contributed by atoms with Gasteiger partial charge < -0.3 is 15.0 Å². The molecule has 3 rings (SSSR count). The molecule has 154 valence electrons. The first-order chi connectivity index (χ1) is 14.1. The highest BCUT2D eigenvalue weighted by Gasteiger charge is 2.31. The van der Waals surface area contributed by atoms with Crippen LogP contribution in [-0.2, 0) is 20.9 Å². The second kappa shape index (κ2) is 10.4.